The van der Waals surface area contributed by atoms with Crippen molar-refractivity contribution in [2.45, 2.75) is 39.2 Å². The topological polar surface area (TPSA) is 23.5 Å². The quantitative estimate of drug-likeness (QED) is 0.776. The van der Waals surface area contributed by atoms with Gasteiger partial charge in [-0.05, 0) is 31.0 Å². The Morgan fingerprint density at radius 2 is 2.06 bits per heavy atom. The molecule has 0 heterocycles. The number of rotatable bonds is 6. The zero-order valence-electron chi connectivity index (χ0n) is 10.9. The molecule has 96 valence electrons. The van der Waals surface area contributed by atoms with E-state index >= 15 is 0 Å². The molecule has 17 heavy (non-hydrogen) atoms. The fourth-order valence-electron chi connectivity index (χ4n) is 1.81. The third-order valence-corrected chi connectivity index (χ3v) is 3.27. The Morgan fingerprint density at radius 1 is 1.35 bits per heavy atom. The third kappa shape index (κ3) is 4.21. The Hall–Kier alpha value is -0.730. The van der Waals surface area contributed by atoms with E-state index in [1.807, 2.05) is 18.2 Å². The fourth-order valence-corrected chi connectivity index (χ4v) is 2.15. The van der Waals surface area contributed by atoms with Crippen molar-refractivity contribution in [2.75, 3.05) is 18.5 Å². The van der Waals surface area contributed by atoms with E-state index in [4.69, 9.17) is 11.6 Å². The molecule has 0 saturated heterocycles. The maximum absolute atomic E-state index is 9.48. The minimum absolute atomic E-state index is 0.466. The van der Waals surface area contributed by atoms with Crippen molar-refractivity contribution in [2.24, 2.45) is 0 Å². The van der Waals surface area contributed by atoms with Crippen LogP contribution in [-0.4, -0.2) is 18.7 Å². The van der Waals surface area contributed by atoms with Crippen molar-refractivity contribution in [1.82, 2.24) is 0 Å². The van der Waals surface area contributed by atoms with Crippen LogP contribution in [0.4, 0.5) is 5.69 Å². The first-order valence-corrected chi connectivity index (χ1v) is 6.62. The summed E-state index contributed by atoms with van der Waals surface area (Å²) in [5.74, 6) is 0. The number of halogens is 1. The largest absolute Gasteiger partial charge is 0.389 e. The van der Waals surface area contributed by atoms with Crippen LogP contribution in [0, 0.1) is 0 Å². The molecule has 0 aromatic heterocycles. The summed E-state index contributed by atoms with van der Waals surface area (Å²) in [6.07, 6.45) is 3.18. The van der Waals surface area contributed by atoms with Crippen LogP contribution in [-0.2, 0) is 0 Å². The van der Waals surface area contributed by atoms with E-state index < -0.39 is 6.10 Å². The van der Waals surface area contributed by atoms with Crippen LogP contribution in [0.1, 0.15) is 44.8 Å². The SMILES string of the molecule is CCCCCN(C)c1ccc([C@H](C)O)cc1Cl. The first-order valence-electron chi connectivity index (χ1n) is 6.25. The zero-order chi connectivity index (χ0) is 12.8. The van der Waals surface area contributed by atoms with Crippen molar-refractivity contribution in [1.29, 1.82) is 0 Å². The second-order valence-corrected chi connectivity index (χ2v) is 4.92. The van der Waals surface area contributed by atoms with Crippen LogP contribution in [0.25, 0.3) is 0 Å². The van der Waals surface area contributed by atoms with Gasteiger partial charge in [-0.15, -0.1) is 0 Å². The second-order valence-electron chi connectivity index (χ2n) is 4.52. The molecule has 0 fully saturated rings. The first kappa shape index (κ1) is 14.3. The summed E-state index contributed by atoms with van der Waals surface area (Å²) in [7, 11) is 2.05. The predicted octanol–water partition coefficient (Wildman–Crippen LogP) is 4.02. The predicted molar refractivity (Wildman–Crippen MR) is 74.9 cm³/mol. The van der Waals surface area contributed by atoms with Crippen LogP contribution in [0.15, 0.2) is 18.2 Å². The summed E-state index contributed by atoms with van der Waals surface area (Å²) in [6, 6.07) is 5.76. The van der Waals surface area contributed by atoms with Gasteiger partial charge in [0.05, 0.1) is 16.8 Å². The van der Waals surface area contributed by atoms with Crippen molar-refractivity contribution < 1.29 is 5.11 Å². The van der Waals surface area contributed by atoms with Gasteiger partial charge < -0.3 is 10.0 Å². The molecule has 0 aliphatic rings. The highest BCUT2D eigenvalue weighted by Gasteiger charge is 2.08. The highest BCUT2D eigenvalue weighted by Crippen LogP contribution is 2.28. The van der Waals surface area contributed by atoms with E-state index in [1.54, 1.807) is 6.92 Å². The van der Waals surface area contributed by atoms with Crippen molar-refractivity contribution in [3.05, 3.63) is 28.8 Å². The molecule has 0 spiro atoms. The Bertz CT molecular complexity index is 352. The van der Waals surface area contributed by atoms with Gasteiger partial charge in [-0.3, -0.25) is 0 Å². The minimum atomic E-state index is -0.466. The van der Waals surface area contributed by atoms with Crippen LogP contribution in [0.5, 0.6) is 0 Å². The van der Waals surface area contributed by atoms with E-state index in [0.717, 1.165) is 17.8 Å². The number of aliphatic hydroxyl groups is 1. The Labute approximate surface area is 109 Å². The van der Waals surface area contributed by atoms with Gasteiger partial charge in [0.1, 0.15) is 0 Å². The smallest absolute Gasteiger partial charge is 0.0762 e. The lowest BCUT2D eigenvalue weighted by molar-refractivity contribution is 0.199. The Morgan fingerprint density at radius 3 is 2.59 bits per heavy atom. The van der Waals surface area contributed by atoms with Gasteiger partial charge in [-0.1, -0.05) is 37.4 Å². The van der Waals surface area contributed by atoms with Gasteiger partial charge in [0, 0.05) is 13.6 Å². The highest BCUT2D eigenvalue weighted by atomic mass is 35.5. The number of benzene rings is 1. The molecule has 0 unspecified atom stereocenters. The lowest BCUT2D eigenvalue weighted by Gasteiger charge is -2.21. The van der Waals surface area contributed by atoms with Crippen molar-refractivity contribution in [3.63, 3.8) is 0 Å². The summed E-state index contributed by atoms with van der Waals surface area (Å²) in [6.45, 7) is 4.96. The highest BCUT2D eigenvalue weighted by molar-refractivity contribution is 6.33. The molecule has 1 atom stereocenters. The van der Waals surface area contributed by atoms with Crippen LogP contribution in [0.3, 0.4) is 0 Å². The zero-order valence-corrected chi connectivity index (χ0v) is 11.7. The molecule has 0 bridgehead atoms. The number of hydrogen-bond donors (Lipinski definition) is 1. The average Bonchev–Trinajstić information content (AvgIpc) is 2.28. The van der Waals surface area contributed by atoms with Gasteiger partial charge in [0.15, 0.2) is 0 Å². The number of unbranched alkanes of at least 4 members (excludes halogenated alkanes) is 2. The summed E-state index contributed by atoms with van der Waals surface area (Å²) >= 11 is 6.23. The van der Waals surface area contributed by atoms with Gasteiger partial charge in [0.25, 0.3) is 0 Å². The van der Waals surface area contributed by atoms with Crippen LogP contribution < -0.4 is 4.90 Å². The average molecular weight is 256 g/mol. The van der Waals surface area contributed by atoms with Crippen LogP contribution >= 0.6 is 11.6 Å². The van der Waals surface area contributed by atoms with E-state index in [-0.39, 0.29) is 0 Å². The van der Waals surface area contributed by atoms with Crippen molar-refractivity contribution in [3.8, 4) is 0 Å². The number of nitrogens with zero attached hydrogens (tertiary/aromatic N) is 1. The van der Waals surface area contributed by atoms with Gasteiger partial charge >= 0.3 is 0 Å². The molecule has 0 radical (unpaired) electrons. The maximum atomic E-state index is 9.48. The van der Waals surface area contributed by atoms with Gasteiger partial charge in [-0.25, -0.2) is 0 Å². The van der Waals surface area contributed by atoms with Crippen molar-refractivity contribution >= 4 is 17.3 Å². The van der Waals surface area contributed by atoms with Crippen LogP contribution in [0.2, 0.25) is 5.02 Å². The number of hydrogen-bond acceptors (Lipinski definition) is 2. The summed E-state index contributed by atoms with van der Waals surface area (Å²) in [5.41, 5.74) is 1.90. The molecule has 0 aliphatic heterocycles. The van der Waals surface area contributed by atoms with E-state index in [9.17, 15) is 5.11 Å². The lowest BCUT2D eigenvalue weighted by atomic mass is 10.1. The minimum Gasteiger partial charge on any atom is -0.389 e. The monoisotopic (exact) mass is 255 g/mol. The second kappa shape index (κ2) is 6.87. The van der Waals surface area contributed by atoms with E-state index in [2.05, 4.69) is 18.9 Å². The molecule has 2 nitrogen and oxygen atoms in total. The van der Waals surface area contributed by atoms with E-state index in [1.165, 1.54) is 19.3 Å². The lowest BCUT2D eigenvalue weighted by Crippen LogP contribution is -2.18. The molecule has 1 aromatic carbocycles. The number of aliphatic hydroxyl groups excluding tert-OH is 1. The Balaban J connectivity index is 2.70. The third-order valence-electron chi connectivity index (χ3n) is 2.96. The molecule has 0 amide bonds. The van der Waals surface area contributed by atoms with E-state index in [0.29, 0.717) is 5.02 Å². The fraction of sp³-hybridized carbons (Fsp3) is 0.571. The molecule has 0 aliphatic carbocycles. The standard InChI is InChI=1S/C14H22ClNO/c1-4-5-6-9-16(3)14-8-7-12(11(2)17)10-13(14)15/h7-8,10-11,17H,4-6,9H2,1-3H3/t11-/m0/s1. The maximum Gasteiger partial charge on any atom is 0.0762 e. The Kier molecular flexibility index (Phi) is 5.79. The molecule has 3 heteroatoms. The summed E-state index contributed by atoms with van der Waals surface area (Å²) < 4.78 is 0. The molecule has 0 saturated carbocycles. The first-order chi connectivity index (χ1) is 8.06. The molecular formula is C14H22ClNO. The summed E-state index contributed by atoms with van der Waals surface area (Å²) in [4.78, 5) is 2.17. The van der Waals surface area contributed by atoms with Gasteiger partial charge in [0.2, 0.25) is 0 Å². The normalized spacial score (nSPS) is 12.5. The molecular weight excluding hydrogens is 234 g/mol. The van der Waals surface area contributed by atoms with Gasteiger partial charge in [-0.2, -0.15) is 0 Å². The summed E-state index contributed by atoms with van der Waals surface area (Å²) in [5, 5.41) is 10.2. The molecule has 1 aromatic rings. The molecule has 1 rings (SSSR count). The number of anilines is 1. The molecule has 1 N–H and O–H groups in total.